The first-order valence-electron chi connectivity index (χ1n) is 8.94. The zero-order valence-electron chi connectivity index (χ0n) is 16.0. The van der Waals surface area contributed by atoms with Gasteiger partial charge in [0.15, 0.2) is 10.3 Å². The van der Waals surface area contributed by atoms with E-state index in [1.807, 2.05) is 41.0 Å². The van der Waals surface area contributed by atoms with Gasteiger partial charge < -0.3 is 0 Å². The van der Waals surface area contributed by atoms with Crippen LogP contribution in [0.5, 0.6) is 0 Å². The molecule has 0 aliphatic rings. The Balaban J connectivity index is 1.54. The molecule has 0 amide bonds. The van der Waals surface area contributed by atoms with Gasteiger partial charge >= 0.3 is 0 Å². The number of aromatic nitrogens is 4. The molecule has 0 unspecified atom stereocenters. The summed E-state index contributed by atoms with van der Waals surface area (Å²) in [4.78, 5) is 3.83. The highest BCUT2D eigenvalue weighted by Gasteiger charge is 2.19. The Hall–Kier alpha value is -1.37. The minimum atomic E-state index is -3.75. The Kier molecular flexibility index (Phi) is 7.33. The summed E-state index contributed by atoms with van der Waals surface area (Å²) in [5, 5.41) is 10.6. The number of benzene rings is 2. The number of halogens is 4. The standard InChI is InChI=1S/C19H13Br2Cl2N5O2S2/c20-14-6-5-11(12-3-1-2-4-13(12)14)9-28-18(21)25-26-19(28)31-10-32(29,30)27-15-7-8-16(22)24-17(15)23/h1-8,27H,9-10H2. The summed E-state index contributed by atoms with van der Waals surface area (Å²) in [6, 6.07) is 14.9. The lowest BCUT2D eigenvalue weighted by molar-refractivity contribution is 0.605. The van der Waals surface area contributed by atoms with Crippen molar-refractivity contribution in [1.29, 1.82) is 0 Å². The van der Waals surface area contributed by atoms with E-state index in [9.17, 15) is 8.42 Å². The van der Waals surface area contributed by atoms with Gasteiger partial charge in [-0.3, -0.25) is 9.29 Å². The third-order valence-electron chi connectivity index (χ3n) is 4.38. The Morgan fingerprint density at radius 3 is 2.50 bits per heavy atom. The molecule has 7 nitrogen and oxygen atoms in total. The molecule has 0 saturated heterocycles. The zero-order chi connectivity index (χ0) is 22.9. The molecule has 13 heteroatoms. The van der Waals surface area contributed by atoms with Crippen LogP contribution in [0.2, 0.25) is 10.3 Å². The maximum absolute atomic E-state index is 12.6. The fourth-order valence-electron chi connectivity index (χ4n) is 2.96. The van der Waals surface area contributed by atoms with Crippen LogP contribution < -0.4 is 4.72 Å². The molecule has 2 aromatic carbocycles. The monoisotopic (exact) mass is 635 g/mol. The number of nitrogens with zero attached hydrogens (tertiary/aromatic N) is 4. The van der Waals surface area contributed by atoms with Gasteiger partial charge in [-0.2, -0.15) is 0 Å². The summed E-state index contributed by atoms with van der Waals surface area (Å²) in [5.74, 6) is 0. The van der Waals surface area contributed by atoms with Crippen molar-refractivity contribution in [3.63, 3.8) is 0 Å². The molecule has 4 aromatic rings. The van der Waals surface area contributed by atoms with Crippen molar-refractivity contribution in [3.8, 4) is 0 Å². The van der Waals surface area contributed by atoms with E-state index in [0.717, 1.165) is 32.6 Å². The smallest absolute Gasteiger partial charge is 0.242 e. The van der Waals surface area contributed by atoms with Gasteiger partial charge in [0, 0.05) is 4.47 Å². The Morgan fingerprint density at radius 2 is 1.75 bits per heavy atom. The van der Waals surface area contributed by atoms with E-state index in [1.54, 1.807) is 0 Å². The topological polar surface area (TPSA) is 89.8 Å². The normalized spacial score (nSPS) is 11.8. The summed E-state index contributed by atoms with van der Waals surface area (Å²) < 4.78 is 30.9. The molecular weight excluding hydrogens is 625 g/mol. The molecule has 2 heterocycles. The first kappa shape index (κ1) is 23.8. The van der Waals surface area contributed by atoms with E-state index >= 15 is 0 Å². The van der Waals surface area contributed by atoms with Crippen LogP contribution in [0, 0.1) is 0 Å². The minimum absolute atomic E-state index is 0.0286. The number of thioether (sulfide) groups is 1. The van der Waals surface area contributed by atoms with Crippen molar-refractivity contribution in [3.05, 3.63) is 73.6 Å². The lowest BCUT2D eigenvalue weighted by Gasteiger charge is -2.12. The molecule has 0 aliphatic heterocycles. The van der Waals surface area contributed by atoms with Crippen LogP contribution in [-0.4, -0.2) is 33.3 Å². The van der Waals surface area contributed by atoms with Crippen LogP contribution in [0.4, 0.5) is 5.69 Å². The fourth-order valence-corrected chi connectivity index (χ4v) is 6.56. The summed E-state index contributed by atoms with van der Waals surface area (Å²) in [7, 11) is -3.75. The Bertz CT molecular complexity index is 1420. The van der Waals surface area contributed by atoms with Crippen LogP contribution in [0.1, 0.15) is 5.56 Å². The number of anilines is 1. The van der Waals surface area contributed by atoms with Gasteiger partial charge in [0.2, 0.25) is 14.8 Å². The molecule has 166 valence electrons. The van der Waals surface area contributed by atoms with Gasteiger partial charge in [0.05, 0.1) is 12.2 Å². The highest BCUT2D eigenvalue weighted by atomic mass is 79.9. The second-order valence-electron chi connectivity index (χ2n) is 6.54. The molecule has 32 heavy (non-hydrogen) atoms. The van der Waals surface area contributed by atoms with Crippen LogP contribution in [0.3, 0.4) is 0 Å². The van der Waals surface area contributed by atoms with Crippen molar-refractivity contribution >= 4 is 93.3 Å². The van der Waals surface area contributed by atoms with E-state index in [0.29, 0.717) is 16.4 Å². The summed E-state index contributed by atoms with van der Waals surface area (Å²) in [6.07, 6.45) is 0. The largest absolute Gasteiger partial charge is 0.292 e. The lowest BCUT2D eigenvalue weighted by Crippen LogP contribution is -2.16. The van der Waals surface area contributed by atoms with E-state index in [1.165, 1.54) is 12.1 Å². The third-order valence-corrected chi connectivity index (χ3v) is 8.97. The van der Waals surface area contributed by atoms with Crippen LogP contribution >= 0.6 is 66.8 Å². The van der Waals surface area contributed by atoms with Crippen molar-refractivity contribution in [1.82, 2.24) is 19.7 Å². The Morgan fingerprint density at radius 1 is 1.00 bits per heavy atom. The van der Waals surface area contributed by atoms with Crippen molar-refractivity contribution in [2.45, 2.75) is 11.7 Å². The maximum atomic E-state index is 12.6. The molecule has 0 saturated carbocycles. The fraction of sp³-hybridized carbons (Fsp3) is 0.105. The number of hydrogen-bond acceptors (Lipinski definition) is 6. The summed E-state index contributed by atoms with van der Waals surface area (Å²) >= 11 is 19.8. The van der Waals surface area contributed by atoms with Crippen molar-refractivity contribution < 1.29 is 8.42 Å². The van der Waals surface area contributed by atoms with Gasteiger partial charge in [-0.05, 0) is 50.5 Å². The van der Waals surface area contributed by atoms with E-state index in [-0.39, 0.29) is 21.1 Å². The van der Waals surface area contributed by atoms with E-state index in [4.69, 9.17) is 23.2 Å². The van der Waals surface area contributed by atoms with Crippen LogP contribution in [-0.2, 0) is 16.6 Å². The van der Waals surface area contributed by atoms with Crippen molar-refractivity contribution in [2.75, 3.05) is 9.81 Å². The lowest BCUT2D eigenvalue weighted by atomic mass is 10.0. The molecular formula is C19H13Br2Cl2N5O2S2. The predicted octanol–water partition coefficient (Wildman–Crippen LogP) is 6.20. The van der Waals surface area contributed by atoms with Gasteiger partial charge in [-0.1, -0.05) is 81.2 Å². The quantitative estimate of drug-likeness (QED) is 0.192. The third kappa shape index (κ3) is 5.40. The molecule has 0 aliphatic carbocycles. The minimum Gasteiger partial charge on any atom is -0.292 e. The second-order valence-corrected chi connectivity index (χ2v) is 11.9. The van der Waals surface area contributed by atoms with E-state index < -0.39 is 10.0 Å². The molecule has 0 atom stereocenters. The number of rotatable bonds is 7. The van der Waals surface area contributed by atoms with Crippen LogP contribution in [0.15, 0.2) is 62.9 Å². The Labute approximate surface area is 215 Å². The molecule has 2 aromatic heterocycles. The molecule has 4 rings (SSSR count). The number of fused-ring (bicyclic) bond motifs is 1. The highest BCUT2D eigenvalue weighted by molar-refractivity contribution is 9.10. The maximum Gasteiger partial charge on any atom is 0.242 e. The molecule has 0 fully saturated rings. The molecule has 1 N–H and O–H groups in total. The second kappa shape index (κ2) is 9.86. The molecule has 0 spiro atoms. The summed E-state index contributed by atoms with van der Waals surface area (Å²) in [6.45, 7) is 0.462. The molecule has 0 radical (unpaired) electrons. The zero-order valence-corrected chi connectivity index (χ0v) is 22.3. The number of nitrogens with one attached hydrogen (secondary N) is 1. The molecule has 0 bridgehead atoms. The van der Waals surface area contributed by atoms with Crippen molar-refractivity contribution in [2.24, 2.45) is 0 Å². The highest BCUT2D eigenvalue weighted by Crippen LogP contribution is 2.30. The van der Waals surface area contributed by atoms with Gasteiger partial charge in [-0.15, -0.1) is 10.2 Å². The van der Waals surface area contributed by atoms with E-state index in [2.05, 4.69) is 51.8 Å². The average Bonchev–Trinajstić information content (AvgIpc) is 3.10. The first-order chi connectivity index (χ1) is 15.2. The summed E-state index contributed by atoms with van der Waals surface area (Å²) in [5.41, 5.74) is 1.20. The van der Waals surface area contributed by atoms with Gasteiger partial charge in [0.25, 0.3) is 0 Å². The average molecular weight is 638 g/mol. The van der Waals surface area contributed by atoms with Gasteiger partial charge in [0.1, 0.15) is 10.2 Å². The SMILES string of the molecule is O=S(=O)(CSc1nnc(Br)n1Cc1ccc(Br)c2ccccc12)Nc1ccc(Cl)nc1Cl. The van der Waals surface area contributed by atoms with Crippen LogP contribution in [0.25, 0.3) is 10.8 Å². The number of sulfonamides is 1. The first-order valence-corrected chi connectivity index (χ1v) is 13.9. The predicted molar refractivity (Wildman–Crippen MR) is 136 cm³/mol. The number of pyridine rings is 1. The number of hydrogen-bond donors (Lipinski definition) is 1. The van der Waals surface area contributed by atoms with Gasteiger partial charge in [-0.25, -0.2) is 13.4 Å².